The van der Waals surface area contributed by atoms with E-state index in [0.29, 0.717) is 65.3 Å². The fraction of sp³-hybridized carbons (Fsp3) is 0.833. The van der Waals surface area contributed by atoms with Crippen molar-refractivity contribution in [1.82, 2.24) is 15.5 Å². The highest BCUT2D eigenvalue weighted by molar-refractivity contribution is 5.79. The number of carboxylic acid groups (broad SMARTS) is 2. The van der Waals surface area contributed by atoms with E-state index < -0.39 is 83.9 Å². The van der Waals surface area contributed by atoms with Crippen LogP contribution in [0.25, 0.3) is 0 Å². The second-order valence-corrected chi connectivity index (χ2v) is 20.3. The average Bonchev–Trinajstić information content (AvgIpc) is 3.92. The summed E-state index contributed by atoms with van der Waals surface area (Å²) in [4.78, 5) is 100. The SMILES string of the molecule is CCCOCCOCCOCCOCCC(=O)N(CCOCCCC(=O)O[C@H]1[C@@H]([C@H](NC(C)=O)C(CC)CC)[C@H](N=C(N)N)C[C@@H]1C(=O)O)CCOCCCC(=O)O[C@H]1[C@@H]([C@H](NC(C)=O)C(CC)CC)[C@H](N=C(N)N)C[C@@H]1C(=O)O. The minimum atomic E-state index is -1.18. The third-order valence-electron chi connectivity index (χ3n) is 14.5. The van der Waals surface area contributed by atoms with Crippen LogP contribution in [-0.4, -0.2) is 197 Å². The average molecular weight is 1140 g/mol. The number of rotatable bonds is 44. The van der Waals surface area contributed by atoms with E-state index in [9.17, 15) is 43.8 Å². The van der Waals surface area contributed by atoms with Crippen molar-refractivity contribution in [1.29, 1.82) is 0 Å². The molecule has 2 fully saturated rings. The zero-order chi connectivity index (χ0) is 59.6. The lowest BCUT2D eigenvalue weighted by atomic mass is 9.80. The first-order valence-corrected chi connectivity index (χ1v) is 28.5. The predicted octanol–water partition coefficient (Wildman–Crippen LogP) is 1.71. The summed E-state index contributed by atoms with van der Waals surface area (Å²) in [6, 6.07) is -2.61. The van der Waals surface area contributed by atoms with E-state index in [1.54, 1.807) is 4.90 Å². The third kappa shape index (κ3) is 26.0. The van der Waals surface area contributed by atoms with Crippen molar-refractivity contribution in [3.8, 4) is 0 Å². The van der Waals surface area contributed by atoms with Crippen LogP contribution in [0.15, 0.2) is 9.98 Å². The van der Waals surface area contributed by atoms with Gasteiger partial charge in [0.1, 0.15) is 12.2 Å². The van der Waals surface area contributed by atoms with Gasteiger partial charge >= 0.3 is 23.9 Å². The molecular formula is C54H97N9O17. The number of ether oxygens (including phenoxy) is 8. The number of hydrogen-bond acceptors (Lipinski definition) is 17. The summed E-state index contributed by atoms with van der Waals surface area (Å²) in [5.74, 6) is -8.92. The number of aliphatic carboxylic acids is 2. The molecular weight excluding hydrogens is 1050 g/mol. The standard InChI is InChI=1S/C54H97N9O17/c1-8-20-73-26-28-77-30-31-78-29-27-76-23-17-42(66)63(18-24-74-21-13-15-43(67)79-49-38(51(69)70)32-40(61-53(55)56)45(49)47(59-34(6)64)36(9-2)10-3)19-25-75-22-14-16-44(68)80-50-39(52(71)72)33-41(62-54(57)58)46(50)48(60-35(7)65)37(11-4)12-5/h36-41,45-50H,8-33H2,1-7H3,(H,59,64)(H,60,65)(H,69,70)(H,71,72)(H4,55,56,61)(H4,57,58,62)/t38-,39-,40+,41+,45+,46+,47+,48+,49+,50+/m0/s1. The van der Waals surface area contributed by atoms with Gasteiger partial charge in [-0.1, -0.05) is 60.3 Å². The molecule has 460 valence electrons. The molecule has 0 aromatic carbocycles. The molecule has 2 aliphatic rings. The van der Waals surface area contributed by atoms with Crippen LogP contribution in [0.1, 0.15) is 126 Å². The predicted molar refractivity (Wildman–Crippen MR) is 296 cm³/mol. The maximum Gasteiger partial charge on any atom is 0.310 e. The second-order valence-electron chi connectivity index (χ2n) is 20.3. The van der Waals surface area contributed by atoms with Gasteiger partial charge in [-0.3, -0.25) is 33.6 Å². The lowest BCUT2D eigenvalue weighted by molar-refractivity contribution is -0.162. The number of carboxylic acids is 2. The van der Waals surface area contributed by atoms with E-state index in [-0.39, 0.29) is 139 Å². The zero-order valence-corrected chi connectivity index (χ0v) is 48.5. The summed E-state index contributed by atoms with van der Waals surface area (Å²) in [7, 11) is 0. The summed E-state index contributed by atoms with van der Waals surface area (Å²) in [6.07, 6.45) is 1.55. The van der Waals surface area contributed by atoms with Crippen molar-refractivity contribution in [2.45, 2.75) is 162 Å². The number of nitrogens with zero attached hydrogens (tertiary/aromatic N) is 3. The van der Waals surface area contributed by atoms with Crippen LogP contribution in [0.2, 0.25) is 0 Å². The first kappa shape index (κ1) is 70.7. The molecule has 0 spiro atoms. The molecule has 2 saturated carbocycles. The number of aliphatic imine (C=N–C) groups is 2. The highest BCUT2D eigenvalue weighted by Crippen LogP contribution is 2.43. The van der Waals surface area contributed by atoms with Crippen LogP contribution in [-0.2, 0) is 71.5 Å². The van der Waals surface area contributed by atoms with Gasteiger partial charge in [0.2, 0.25) is 17.7 Å². The summed E-state index contributed by atoms with van der Waals surface area (Å²) in [5.41, 5.74) is 23.0. The molecule has 12 N–H and O–H groups in total. The minimum Gasteiger partial charge on any atom is -0.481 e. The molecule has 0 saturated heterocycles. The van der Waals surface area contributed by atoms with E-state index in [2.05, 4.69) is 20.6 Å². The van der Waals surface area contributed by atoms with Crippen molar-refractivity contribution in [3.63, 3.8) is 0 Å². The van der Waals surface area contributed by atoms with Gasteiger partial charge in [0, 0.05) is 83.5 Å². The van der Waals surface area contributed by atoms with Crippen molar-refractivity contribution in [2.75, 3.05) is 92.4 Å². The summed E-state index contributed by atoms with van der Waals surface area (Å²) < 4.78 is 45.6. The summed E-state index contributed by atoms with van der Waals surface area (Å²) in [5, 5.41) is 26.4. The topological polar surface area (TPSA) is 390 Å². The van der Waals surface area contributed by atoms with Crippen molar-refractivity contribution < 1.29 is 81.7 Å². The van der Waals surface area contributed by atoms with Crippen molar-refractivity contribution >= 4 is 53.5 Å². The van der Waals surface area contributed by atoms with Crippen LogP contribution in [0.4, 0.5) is 0 Å². The maximum atomic E-state index is 13.5. The Kier molecular flexibility index (Phi) is 35.3. The van der Waals surface area contributed by atoms with Gasteiger partial charge in [0.25, 0.3) is 0 Å². The van der Waals surface area contributed by atoms with Crippen molar-refractivity contribution in [3.05, 3.63) is 0 Å². The molecule has 3 amide bonds. The van der Waals surface area contributed by atoms with Gasteiger partial charge in [-0.15, -0.1) is 0 Å². The van der Waals surface area contributed by atoms with Gasteiger partial charge in [-0.25, -0.2) is 9.98 Å². The van der Waals surface area contributed by atoms with Gasteiger partial charge in [-0.05, 0) is 43.9 Å². The van der Waals surface area contributed by atoms with E-state index in [1.165, 1.54) is 13.8 Å². The molecule has 2 rings (SSSR count). The Balaban J connectivity index is 2.06. The van der Waals surface area contributed by atoms with E-state index >= 15 is 0 Å². The zero-order valence-electron chi connectivity index (χ0n) is 48.5. The molecule has 80 heavy (non-hydrogen) atoms. The number of nitrogens with two attached hydrogens (primary N) is 4. The van der Waals surface area contributed by atoms with E-state index in [0.717, 1.165) is 6.42 Å². The van der Waals surface area contributed by atoms with E-state index in [4.69, 9.17) is 60.8 Å². The first-order valence-electron chi connectivity index (χ1n) is 28.5. The molecule has 0 heterocycles. The molecule has 26 nitrogen and oxygen atoms in total. The number of carbonyl (C=O) groups excluding carboxylic acids is 5. The fourth-order valence-corrected chi connectivity index (χ4v) is 10.7. The Hall–Kier alpha value is -5.41. The quantitative estimate of drug-likeness (QED) is 0.0186. The summed E-state index contributed by atoms with van der Waals surface area (Å²) >= 11 is 0. The monoisotopic (exact) mass is 1140 g/mol. The van der Waals surface area contributed by atoms with Crippen molar-refractivity contribution in [2.24, 2.45) is 68.4 Å². The fourth-order valence-electron chi connectivity index (χ4n) is 10.7. The lowest BCUT2D eigenvalue weighted by Crippen LogP contribution is -2.51. The molecule has 0 aliphatic heterocycles. The lowest BCUT2D eigenvalue weighted by Gasteiger charge is -2.36. The number of nitrogens with one attached hydrogen (secondary N) is 2. The number of amides is 3. The van der Waals surface area contributed by atoms with Gasteiger partial charge in [-0.2, -0.15) is 0 Å². The minimum absolute atomic E-state index is 0.0000287. The van der Waals surface area contributed by atoms with Gasteiger partial charge in [0.05, 0.1) is 89.8 Å². The largest absolute Gasteiger partial charge is 0.481 e. The molecule has 0 bridgehead atoms. The van der Waals surface area contributed by atoms with Crippen LogP contribution >= 0.6 is 0 Å². The molecule has 10 atom stereocenters. The molecule has 0 aromatic heterocycles. The molecule has 0 unspecified atom stereocenters. The molecule has 0 aromatic rings. The maximum absolute atomic E-state index is 13.5. The Morgan fingerprint density at radius 2 is 0.863 bits per heavy atom. The third-order valence-corrected chi connectivity index (χ3v) is 14.5. The Bertz CT molecular complexity index is 1810. The van der Waals surface area contributed by atoms with Crippen LogP contribution in [0, 0.1) is 35.5 Å². The smallest absolute Gasteiger partial charge is 0.310 e. The van der Waals surface area contributed by atoms with Crippen LogP contribution < -0.4 is 33.6 Å². The summed E-state index contributed by atoms with van der Waals surface area (Å²) in [6.45, 7) is 16.5. The highest BCUT2D eigenvalue weighted by atomic mass is 16.6. The molecule has 26 heteroatoms. The molecule has 2 aliphatic carbocycles. The first-order chi connectivity index (χ1) is 38.2. The molecule has 0 radical (unpaired) electrons. The Labute approximate surface area is 472 Å². The highest BCUT2D eigenvalue weighted by Gasteiger charge is 2.55. The Morgan fingerprint density at radius 3 is 1.19 bits per heavy atom. The van der Waals surface area contributed by atoms with Crippen LogP contribution in [0.3, 0.4) is 0 Å². The van der Waals surface area contributed by atoms with Crippen LogP contribution in [0.5, 0.6) is 0 Å². The number of guanidine groups is 2. The normalized spacial score (nSPS) is 21.4. The number of esters is 2. The van der Waals surface area contributed by atoms with Gasteiger partial charge < -0.3 is 86.6 Å². The number of hydrogen-bond donors (Lipinski definition) is 8. The van der Waals surface area contributed by atoms with Gasteiger partial charge in [0.15, 0.2) is 11.9 Å². The number of carbonyl (C=O) groups is 7. The van der Waals surface area contributed by atoms with E-state index in [1.807, 2.05) is 34.6 Å². The Morgan fingerprint density at radius 1 is 0.512 bits per heavy atom. The second kappa shape index (κ2) is 39.9.